The second kappa shape index (κ2) is 11.1. The van der Waals surface area contributed by atoms with E-state index < -0.39 is 11.9 Å². The summed E-state index contributed by atoms with van der Waals surface area (Å²) in [6, 6.07) is 9.59. The van der Waals surface area contributed by atoms with E-state index in [1.165, 1.54) is 12.1 Å². The fraction of sp³-hybridized carbons (Fsp3) is 0.391. The molecular formula is C23H28O6. The van der Waals surface area contributed by atoms with Gasteiger partial charge in [0.15, 0.2) is 0 Å². The van der Waals surface area contributed by atoms with Gasteiger partial charge in [-0.25, -0.2) is 9.59 Å². The van der Waals surface area contributed by atoms with Crippen molar-refractivity contribution in [1.29, 1.82) is 0 Å². The lowest BCUT2D eigenvalue weighted by Crippen LogP contribution is -2.08. The molecule has 6 heteroatoms. The molecule has 2 aromatic carbocycles. The first kappa shape index (κ1) is 22.3. The van der Waals surface area contributed by atoms with Crippen molar-refractivity contribution in [2.24, 2.45) is 0 Å². The average Bonchev–Trinajstić information content (AvgIpc) is 2.71. The van der Waals surface area contributed by atoms with Crippen LogP contribution < -0.4 is 0 Å². The number of carbonyl (C=O) groups is 2. The molecule has 0 fully saturated rings. The molecule has 0 saturated carbocycles. The van der Waals surface area contributed by atoms with Gasteiger partial charge in [0.2, 0.25) is 0 Å². The third-order valence-corrected chi connectivity index (χ3v) is 4.52. The third-order valence-electron chi connectivity index (χ3n) is 4.52. The van der Waals surface area contributed by atoms with Crippen molar-refractivity contribution >= 4 is 11.9 Å². The van der Waals surface area contributed by atoms with Crippen molar-refractivity contribution in [3.63, 3.8) is 0 Å². The summed E-state index contributed by atoms with van der Waals surface area (Å²) in [6.07, 6.45) is 3.44. The zero-order valence-electron chi connectivity index (χ0n) is 16.9. The molecule has 0 amide bonds. The van der Waals surface area contributed by atoms with Crippen LogP contribution in [-0.2, 0) is 15.9 Å². The third kappa shape index (κ3) is 5.98. The van der Waals surface area contributed by atoms with E-state index in [0.717, 1.165) is 25.7 Å². The topological polar surface area (TPSA) is 93.1 Å². The van der Waals surface area contributed by atoms with Gasteiger partial charge in [-0.15, -0.1) is 0 Å². The summed E-state index contributed by atoms with van der Waals surface area (Å²) < 4.78 is 10.3. The Balaban J connectivity index is 2.20. The number of rotatable bonds is 10. The maximum atomic E-state index is 12.2. The number of esters is 2. The number of hydrogen-bond donors (Lipinski definition) is 2. The van der Waals surface area contributed by atoms with Crippen molar-refractivity contribution in [3.8, 4) is 11.5 Å². The van der Waals surface area contributed by atoms with Crippen molar-refractivity contribution in [2.75, 3.05) is 13.2 Å². The average molecular weight is 400 g/mol. The highest BCUT2D eigenvalue weighted by Crippen LogP contribution is 2.30. The SMILES string of the molecule is CCCCOC(=O)c1cccc(Cc2cccc(C(=O)OCCCC)c2O)c1O. The summed E-state index contributed by atoms with van der Waals surface area (Å²) in [5, 5.41) is 21.0. The van der Waals surface area contributed by atoms with Gasteiger partial charge in [-0.1, -0.05) is 51.0 Å². The zero-order valence-corrected chi connectivity index (χ0v) is 16.9. The van der Waals surface area contributed by atoms with Crippen LogP contribution in [-0.4, -0.2) is 35.4 Å². The Labute approximate surface area is 171 Å². The zero-order chi connectivity index (χ0) is 21.2. The fourth-order valence-corrected chi connectivity index (χ4v) is 2.78. The van der Waals surface area contributed by atoms with E-state index in [1.807, 2.05) is 13.8 Å². The number of phenols is 2. The first-order valence-electron chi connectivity index (χ1n) is 9.95. The Hall–Kier alpha value is -3.02. The van der Waals surface area contributed by atoms with E-state index in [1.54, 1.807) is 24.3 Å². The van der Waals surface area contributed by atoms with Crippen LogP contribution in [0.25, 0.3) is 0 Å². The molecule has 29 heavy (non-hydrogen) atoms. The Morgan fingerprint density at radius 2 is 1.17 bits per heavy atom. The highest BCUT2D eigenvalue weighted by molar-refractivity contribution is 5.94. The van der Waals surface area contributed by atoms with Gasteiger partial charge in [-0.05, 0) is 36.1 Å². The molecule has 0 atom stereocenters. The molecule has 0 radical (unpaired) electrons. The van der Waals surface area contributed by atoms with Gasteiger partial charge in [0, 0.05) is 6.42 Å². The van der Waals surface area contributed by atoms with Crippen LogP contribution in [0.1, 0.15) is 71.4 Å². The lowest BCUT2D eigenvalue weighted by molar-refractivity contribution is 0.0486. The van der Waals surface area contributed by atoms with E-state index in [4.69, 9.17) is 9.47 Å². The van der Waals surface area contributed by atoms with E-state index in [0.29, 0.717) is 24.3 Å². The van der Waals surface area contributed by atoms with Gasteiger partial charge in [0.05, 0.1) is 13.2 Å². The molecule has 2 rings (SSSR count). The maximum Gasteiger partial charge on any atom is 0.341 e. The minimum absolute atomic E-state index is 0.0771. The highest BCUT2D eigenvalue weighted by Gasteiger charge is 2.19. The molecule has 0 aliphatic carbocycles. The molecule has 0 bridgehead atoms. The minimum Gasteiger partial charge on any atom is -0.507 e. The lowest BCUT2D eigenvalue weighted by Gasteiger charge is -2.12. The molecule has 0 aliphatic heterocycles. The van der Waals surface area contributed by atoms with E-state index in [9.17, 15) is 19.8 Å². The first-order chi connectivity index (χ1) is 14.0. The summed E-state index contributed by atoms with van der Waals surface area (Å²) in [6.45, 7) is 4.57. The van der Waals surface area contributed by atoms with E-state index in [2.05, 4.69) is 0 Å². The van der Waals surface area contributed by atoms with Crippen molar-refractivity contribution in [3.05, 3.63) is 58.7 Å². The Bertz CT molecular complexity index is 774. The van der Waals surface area contributed by atoms with Crippen molar-refractivity contribution in [2.45, 2.75) is 46.0 Å². The molecular weight excluding hydrogens is 372 g/mol. The Kier molecular flexibility index (Phi) is 8.52. The first-order valence-corrected chi connectivity index (χ1v) is 9.95. The molecule has 6 nitrogen and oxygen atoms in total. The van der Waals surface area contributed by atoms with Crippen LogP contribution >= 0.6 is 0 Å². The van der Waals surface area contributed by atoms with Crippen LogP contribution in [0.2, 0.25) is 0 Å². The number of carbonyl (C=O) groups excluding carboxylic acids is 2. The number of unbranched alkanes of at least 4 members (excludes halogenated alkanes) is 2. The summed E-state index contributed by atoms with van der Waals surface area (Å²) in [5.41, 5.74) is 1.05. The summed E-state index contributed by atoms with van der Waals surface area (Å²) >= 11 is 0. The van der Waals surface area contributed by atoms with Gasteiger partial charge >= 0.3 is 11.9 Å². The molecule has 0 spiro atoms. The normalized spacial score (nSPS) is 10.6. The number of aromatic hydroxyl groups is 2. The van der Waals surface area contributed by atoms with E-state index >= 15 is 0 Å². The Morgan fingerprint density at radius 3 is 1.55 bits per heavy atom. The van der Waals surface area contributed by atoms with Crippen molar-refractivity contribution < 1.29 is 29.3 Å². The van der Waals surface area contributed by atoms with Crippen LogP contribution in [0.4, 0.5) is 0 Å². The molecule has 2 aromatic rings. The van der Waals surface area contributed by atoms with Gasteiger partial charge in [0.25, 0.3) is 0 Å². The van der Waals surface area contributed by atoms with Crippen LogP contribution in [0.5, 0.6) is 11.5 Å². The number of hydrogen-bond acceptors (Lipinski definition) is 6. The highest BCUT2D eigenvalue weighted by atomic mass is 16.5. The molecule has 0 unspecified atom stereocenters. The standard InChI is InChI=1S/C23H28O6/c1-3-5-13-28-22(26)18-11-7-9-16(20(18)24)15-17-10-8-12-19(21(17)25)23(27)29-14-6-4-2/h7-12,24-25H,3-6,13-15H2,1-2H3. The number of phenolic OH excluding ortho intramolecular Hbond substituents is 2. The van der Waals surface area contributed by atoms with Crippen LogP contribution in [0.15, 0.2) is 36.4 Å². The molecule has 2 N–H and O–H groups in total. The summed E-state index contributed by atoms with van der Waals surface area (Å²) in [4.78, 5) is 24.4. The quantitative estimate of drug-likeness (QED) is 0.447. The van der Waals surface area contributed by atoms with Crippen molar-refractivity contribution in [1.82, 2.24) is 0 Å². The number of benzene rings is 2. The molecule has 0 saturated heterocycles. The molecule has 0 aliphatic rings. The maximum absolute atomic E-state index is 12.2. The van der Waals surface area contributed by atoms with Gasteiger partial charge in [0.1, 0.15) is 22.6 Å². The molecule has 0 heterocycles. The Morgan fingerprint density at radius 1 is 0.759 bits per heavy atom. The number of ether oxygens (including phenoxy) is 2. The largest absolute Gasteiger partial charge is 0.507 e. The lowest BCUT2D eigenvalue weighted by atomic mass is 9.98. The fourth-order valence-electron chi connectivity index (χ4n) is 2.78. The van der Waals surface area contributed by atoms with E-state index in [-0.39, 0.29) is 29.0 Å². The van der Waals surface area contributed by atoms with Gasteiger partial charge in [-0.3, -0.25) is 0 Å². The second-order valence-corrected chi connectivity index (χ2v) is 6.78. The predicted molar refractivity (Wildman–Crippen MR) is 109 cm³/mol. The van der Waals surface area contributed by atoms with Crippen LogP contribution in [0, 0.1) is 0 Å². The molecule has 0 aromatic heterocycles. The van der Waals surface area contributed by atoms with Gasteiger partial charge < -0.3 is 19.7 Å². The van der Waals surface area contributed by atoms with Gasteiger partial charge in [-0.2, -0.15) is 0 Å². The summed E-state index contributed by atoms with van der Waals surface area (Å²) in [5.74, 6) is -1.56. The predicted octanol–water partition coefficient (Wildman–Crippen LogP) is 4.60. The molecule has 156 valence electrons. The monoisotopic (exact) mass is 400 g/mol. The van der Waals surface area contributed by atoms with Crippen LogP contribution in [0.3, 0.4) is 0 Å². The summed E-state index contributed by atoms with van der Waals surface area (Å²) in [7, 11) is 0. The minimum atomic E-state index is -0.588. The second-order valence-electron chi connectivity index (χ2n) is 6.78. The number of para-hydroxylation sites is 2. The smallest absolute Gasteiger partial charge is 0.341 e.